The number of hydrogen-bond donors (Lipinski definition) is 1. The number of H-pyrrole nitrogens is 1. The first-order valence-electron chi connectivity index (χ1n) is 11.0. The van der Waals surface area contributed by atoms with E-state index in [1.54, 1.807) is 63.2 Å². The molecule has 1 amide bonds. The topological polar surface area (TPSA) is 115 Å². The van der Waals surface area contributed by atoms with Crippen molar-refractivity contribution in [2.75, 3.05) is 30.5 Å². The summed E-state index contributed by atoms with van der Waals surface area (Å²) in [6.45, 7) is 5.47. The van der Waals surface area contributed by atoms with Gasteiger partial charge in [-0.2, -0.15) is 0 Å². The van der Waals surface area contributed by atoms with E-state index in [0.717, 1.165) is 4.31 Å². The predicted molar refractivity (Wildman–Crippen MR) is 143 cm³/mol. The zero-order valence-electron chi connectivity index (χ0n) is 20.0. The van der Waals surface area contributed by atoms with Gasteiger partial charge in [0.25, 0.3) is 5.56 Å². The molecule has 0 saturated heterocycles. The zero-order chi connectivity index (χ0) is 26.5. The number of carbonyl (C=O) groups excluding carboxylic acids is 1. The molecule has 0 spiro atoms. The fraction of sp³-hybridized carbons (Fsp3) is 0.333. The summed E-state index contributed by atoms with van der Waals surface area (Å²) in [6, 6.07) is 11.5. The van der Waals surface area contributed by atoms with Gasteiger partial charge in [0, 0.05) is 46.3 Å². The van der Waals surface area contributed by atoms with Crippen molar-refractivity contribution in [2.45, 2.75) is 26.4 Å². The van der Waals surface area contributed by atoms with Crippen LogP contribution in [0.25, 0.3) is 10.8 Å². The molecule has 36 heavy (non-hydrogen) atoms. The van der Waals surface area contributed by atoms with Crippen LogP contribution in [-0.2, 0) is 16.0 Å². The first-order valence-corrected chi connectivity index (χ1v) is 13.2. The molecule has 1 aromatic heterocycles. The molecular formula is C24H26BrClN3O6S-. The van der Waals surface area contributed by atoms with Gasteiger partial charge in [-0.05, 0) is 73.1 Å². The number of nitrogens with one attached hydrogen (secondary N) is 1. The minimum Gasteiger partial charge on any atom is -0.755 e. The lowest BCUT2D eigenvalue weighted by Crippen LogP contribution is -2.43. The van der Waals surface area contributed by atoms with Gasteiger partial charge in [0.1, 0.15) is 18.0 Å². The van der Waals surface area contributed by atoms with Crippen molar-refractivity contribution < 1.29 is 23.0 Å². The maximum absolute atomic E-state index is 12.9. The number of aromatic nitrogens is 1. The Kier molecular flexibility index (Phi) is 9.40. The Morgan fingerprint density at radius 2 is 1.89 bits per heavy atom. The third-order valence-corrected chi connectivity index (χ3v) is 6.57. The van der Waals surface area contributed by atoms with Crippen LogP contribution < -0.4 is 14.6 Å². The Labute approximate surface area is 224 Å². The number of hydrogen-bond acceptors (Lipinski definition) is 6. The highest BCUT2D eigenvalue weighted by Crippen LogP contribution is 2.28. The van der Waals surface area contributed by atoms with Gasteiger partial charge in [-0.25, -0.2) is 4.79 Å². The predicted octanol–water partition coefficient (Wildman–Crippen LogP) is 4.86. The highest BCUT2D eigenvalue weighted by Gasteiger charge is 2.23. The van der Waals surface area contributed by atoms with Crippen LogP contribution in [-0.4, -0.2) is 56.6 Å². The summed E-state index contributed by atoms with van der Waals surface area (Å²) in [7, 11) is 0. The minimum absolute atomic E-state index is 0.0214. The Morgan fingerprint density at radius 1 is 1.14 bits per heavy atom. The summed E-state index contributed by atoms with van der Waals surface area (Å²) in [5.74, 6) is 0.548. The molecule has 0 bridgehead atoms. The third-order valence-electron chi connectivity index (χ3n) is 4.98. The average Bonchev–Trinajstić information content (AvgIpc) is 2.78. The summed E-state index contributed by atoms with van der Waals surface area (Å²) in [5, 5.41) is 1.38. The summed E-state index contributed by atoms with van der Waals surface area (Å²) in [4.78, 5) is 29.0. The second-order valence-corrected chi connectivity index (χ2v) is 10.9. The molecule has 9 nitrogen and oxygen atoms in total. The zero-order valence-corrected chi connectivity index (χ0v) is 23.1. The van der Waals surface area contributed by atoms with Crippen LogP contribution >= 0.6 is 27.5 Å². The monoisotopic (exact) mass is 598 g/mol. The Hall–Kier alpha value is -2.60. The molecule has 1 unspecified atom stereocenters. The highest BCUT2D eigenvalue weighted by atomic mass is 79.9. The van der Waals surface area contributed by atoms with Crippen LogP contribution in [0.15, 0.2) is 57.9 Å². The molecule has 194 valence electrons. The van der Waals surface area contributed by atoms with E-state index in [2.05, 4.69) is 20.9 Å². The van der Waals surface area contributed by atoms with Gasteiger partial charge < -0.3 is 28.2 Å². The Morgan fingerprint density at radius 3 is 2.56 bits per heavy atom. The van der Waals surface area contributed by atoms with Crippen molar-refractivity contribution in [3.05, 3.63) is 68.5 Å². The van der Waals surface area contributed by atoms with E-state index in [9.17, 15) is 18.4 Å². The van der Waals surface area contributed by atoms with Gasteiger partial charge in [-0.3, -0.25) is 9.00 Å². The number of aromatic amines is 1. The largest absolute Gasteiger partial charge is 0.755 e. The molecule has 1 heterocycles. The molecular weight excluding hydrogens is 574 g/mol. The van der Waals surface area contributed by atoms with Crippen molar-refractivity contribution in [2.24, 2.45) is 0 Å². The van der Waals surface area contributed by atoms with Crippen LogP contribution in [0.2, 0.25) is 5.02 Å². The second-order valence-electron chi connectivity index (χ2n) is 8.75. The van der Waals surface area contributed by atoms with E-state index in [4.69, 9.17) is 21.1 Å². The van der Waals surface area contributed by atoms with Crippen molar-refractivity contribution in [3.63, 3.8) is 0 Å². The number of carbonyl (C=O) groups is 1. The number of amides is 1. The molecule has 3 rings (SSSR count). The third kappa shape index (κ3) is 7.45. The van der Waals surface area contributed by atoms with E-state index < -0.39 is 23.0 Å². The van der Waals surface area contributed by atoms with E-state index in [-0.39, 0.29) is 31.8 Å². The molecule has 0 aliphatic carbocycles. The molecule has 3 aromatic rings. The maximum Gasteiger partial charge on any atom is 0.410 e. The fourth-order valence-electron chi connectivity index (χ4n) is 3.39. The SMILES string of the molecule is CC(C)(C)OC(=O)N(CCOc1ccc(Cl)cc1Br)CCN(c1cccc2c(=O)[nH]ccc12)S(=O)[O-]. The quantitative estimate of drug-likeness (QED) is 0.351. The van der Waals surface area contributed by atoms with Crippen LogP contribution in [0.1, 0.15) is 20.8 Å². The maximum atomic E-state index is 12.9. The van der Waals surface area contributed by atoms with Crippen LogP contribution in [0, 0.1) is 0 Å². The molecule has 1 N–H and O–H groups in total. The van der Waals surface area contributed by atoms with E-state index in [1.807, 2.05) is 0 Å². The van der Waals surface area contributed by atoms with Gasteiger partial charge in [0.15, 0.2) is 0 Å². The van der Waals surface area contributed by atoms with Gasteiger partial charge in [-0.1, -0.05) is 17.7 Å². The van der Waals surface area contributed by atoms with Crippen molar-refractivity contribution in [1.82, 2.24) is 9.88 Å². The number of pyridine rings is 1. The van der Waals surface area contributed by atoms with Crippen molar-refractivity contribution >= 4 is 61.4 Å². The Balaban J connectivity index is 1.79. The first kappa shape index (κ1) is 28.0. The molecule has 1 atom stereocenters. The molecule has 0 aliphatic heterocycles. The molecule has 12 heteroatoms. The van der Waals surface area contributed by atoms with Crippen LogP contribution in [0.4, 0.5) is 10.5 Å². The second kappa shape index (κ2) is 12.1. The summed E-state index contributed by atoms with van der Waals surface area (Å²) in [5.41, 5.74) is -0.739. The smallest absolute Gasteiger partial charge is 0.410 e. The number of nitrogens with zero attached hydrogens (tertiary/aromatic N) is 2. The number of fused-ring (bicyclic) bond motifs is 1. The number of halogens is 2. The van der Waals surface area contributed by atoms with E-state index in [0.29, 0.717) is 31.7 Å². The summed E-state index contributed by atoms with van der Waals surface area (Å²) < 4.78 is 37.4. The number of anilines is 1. The molecule has 0 saturated carbocycles. The molecule has 0 radical (unpaired) electrons. The number of ether oxygens (including phenoxy) is 2. The lowest BCUT2D eigenvalue weighted by Gasteiger charge is -2.32. The first-order chi connectivity index (χ1) is 17.0. The van der Waals surface area contributed by atoms with Gasteiger partial charge in [0.05, 0.1) is 16.7 Å². The standard InChI is InChI=1S/C24H27BrClN3O6S/c1-24(2,3)35-23(31)28(13-14-34-21-8-7-16(26)15-19(21)25)11-12-29(36(32)33)20-6-4-5-18-17(20)9-10-27-22(18)30/h4-10,15H,11-14H2,1-3H3,(H,27,30)(H,32,33)/p-1. The molecule has 2 aromatic carbocycles. The lowest BCUT2D eigenvalue weighted by molar-refractivity contribution is 0.0232. The van der Waals surface area contributed by atoms with Gasteiger partial charge in [0.2, 0.25) is 0 Å². The highest BCUT2D eigenvalue weighted by molar-refractivity contribution is 9.10. The van der Waals surface area contributed by atoms with Crippen LogP contribution in [0.3, 0.4) is 0 Å². The van der Waals surface area contributed by atoms with E-state index >= 15 is 0 Å². The number of benzene rings is 2. The lowest BCUT2D eigenvalue weighted by atomic mass is 10.1. The van der Waals surface area contributed by atoms with Gasteiger partial charge in [-0.15, -0.1) is 0 Å². The van der Waals surface area contributed by atoms with E-state index in [1.165, 1.54) is 11.1 Å². The van der Waals surface area contributed by atoms with Crippen molar-refractivity contribution in [1.29, 1.82) is 0 Å². The molecule has 0 fully saturated rings. The summed E-state index contributed by atoms with van der Waals surface area (Å²) >= 11 is 6.69. The van der Waals surface area contributed by atoms with Crippen molar-refractivity contribution in [3.8, 4) is 5.75 Å². The van der Waals surface area contributed by atoms with Gasteiger partial charge >= 0.3 is 6.09 Å². The molecule has 0 aliphatic rings. The normalized spacial score (nSPS) is 12.3. The minimum atomic E-state index is -2.66. The number of rotatable bonds is 9. The fourth-order valence-corrected chi connectivity index (χ4v) is 4.74. The Bertz CT molecular complexity index is 1310. The summed E-state index contributed by atoms with van der Waals surface area (Å²) in [6.07, 6.45) is 0.853. The van der Waals surface area contributed by atoms with Crippen LogP contribution in [0.5, 0.6) is 5.75 Å². The average molecular weight is 600 g/mol.